The summed E-state index contributed by atoms with van der Waals surface area (Å²) in [4.78, 5) is 16.4. The van der Waals surface area contributed by atoms with Crippen molar-refractivity contribution in [3.8, 4) is 0 Å². The average Bonchev–Trinajstić information content (AvgIpc) is 2.39. The van der Waals surface area contributed by atoms with Crippen LogP contribution >= 0.6 is 15.9 Å². The number of anilines is 2. The molecule has 0 bridgehead atoms. The van der Waals surface area contributed by atoms with Crippen molar-refractivity contribution in [1.82, 2.24) is 4.98 Å². The summed E-state index contributed by atoms with van der Waals surface area (Å²) in [5, 5.41) is 11.1. The van der Waals surface area contributed by atoms with E-state index in [1.807, 2.05) is 6.07 Å². The summed E-state index contributed by atoms with van der Waals surface area (Å²) in [6.45, 7) is 0. The average molecular weight is 308 g/mol. The van der Waals surface area contributed by atoms with Crippen molar-refractivity contribution < 1.29 is 4.92 Å². The lowest BCUT2D eigenvalue weighted by molar-refractivity contribution is -0.384. The molecule has 0 aliphatic rings. The summed E-state index contributed by atoms with van der Waals surface area (Å²) in [7, 11) is 1.77. The number of nitro groups is 1. The monoisotopic (exact) mass is 307 g/mol. The van der Waals surface area contributed by atoms with E-state index in [1.165, 1.54) is 6.07 Å². The van der Waals surface area contributed by atoms with Crippen molar-refractivity contribution in [3.63, 3.8) is 0 Å². The first-order valence-electron chi connectivity index (χ1n) is 5.17. The maximum absolute atomic E-state index is 11.1. The van der Waals surface area contributed by atoms with Crippen LogP contribution in [0.1, 0.15) is 0 Å². The first-order valence-corrected chi connectivity index (χ1v) is 5.96. The van der Waals surface area contributed by atoms with E-state index in [1.54, 1.807) is 42.5 Å². The third kappa shape index (κ3) is 2.48. The molecule has 0 aliphatic carbocycles. The van der Waals surface area contributed by atoms with E-state index in [4.69, 9.17) is 0 Å². The molecule has 1 aromatic carbocycles. The highest BCUT2D eigenvalue weighted by Crippen LogP contribution is 2.33. The predicted octanol–water partition coefficient (Wildman–Crippen LogP) is 3.52. The Labute approximate surface area is 112 Å². The van der Waals surface area contributed by atoms with E-state index in [9.17, 15) is 10.1 Å². The molecule has 0 spiro atoms. The standard InChI is InChI=1S/C12H10BrN3O2/c1-15(10-3-2-6-14-8-10)11-5-4-9(13)7-12(11)16(17)18/h2-8H,1H3. The van der Waals surface area contributed by atoms with Crippen molar-refractivity contribution >= 4 is 33.0 Å². The minimum Gasteiger partial charge on any atom is -0.338 e. The molecule has 0 amide bonds. The van der Waals surface area contributed by atoms with Gasteiger partial charge in [-0.05, 0) is 24.3 Å². The summed E-state index contributed by atoms with van der Waals surface area (Å²) in [5.74, 6) is 0. The van der Waals surface area contributed by atoms with Gasteiger partial charge in [0.05, 0.1) is 16.8 Å². The fourth-order valence-electron chi connectivity index (χ4n) is 1.62. The van der Waals surface area contributed by atoms with Gasteiger partial charge in [-0.15, -0.1) is 0 Å². The van der Waals surface area contributed by atoms with Crippen molar-refractivity contribution in [2.45, 2.75) is 0 Å². The van der Waals surface area contributed by atoms with Gasteiger partial charge in [-0.3, -0.25) is 15.1 Å². The van der Waals surface area contributed by atoms with E-state index in [0.717, 1.165) is 5.69 Å². The van der Waals surface area contributed by atoms with Gasteiger partial charge in [0.25, 0.3) is 5.69 Å². The molecular weight excluding hydrogens is 298 g/mol. The molecule has 0 fully saturated rings. The molecule has 92 valence electrons. The van der Waals surface area contributed by atoms with Gasteiger partial charge in [-0.1, -0.05) is 15.9 Å². The van der Waals surface area contributed by atoms with Crippen LogP contribution in [-0.2, 0) is 0 Å². The topological polar surface area (TPSA) is 59.3 Å². The van der Waals surface area contributed by atoms with Crippen molar-refractivity contribution in [1.29, 1.82) is 0 Å². The highest BCUT2D eigenvalue weighted by atomic mass is 79.9. The Balaban J connectivity index is 2.48. The van der Waals surface area contributed by atoms with Crippen molar-refractivity contribution in [3.05, 3.63) is 57.3 Å². The highest BCUT2D eigenvalue weighted by molar-refractivity contribution is 9.10. The van der Waals surface area contributed by atoms with E-state index >= 15 is 0 Å². The van der Waals surface area contributed by atoms with Crippen molar-refractivity contribution in [2.75, 3.05) is 11.9 Å². The Morgan fingerprint density at radius 1 is 1.39 bits per heavy atom. The minimum absolute atomic E-state index is 0.0516. The molecule has 1 aromatic heterocycles. The second kappa shape index (κ2) is 5.14. The van der Waals surface area contributed by atoms with Gasteiger partial charge in [0.2, 0.25) is 0 Å². The van der Waals surface area contributed by atoms with Gasteiger partial charge < -0.3 is 4.90 Å². The number of nitro benzene ring substituents is 1. The maximum atomic E-state index is 11.1. The number of hydrogen-bond donors (Lipinski definition) is 0. The number of nitrogens with zero attached hydrogens (tertiary/aromatic N) is 3. The first kappa shape index (κ1) is 12.5. The molecule has 5 nitrogen and oxygen atoms in total. The van der Waals surface area contributed by atoms with Gasteiger partial charge in [-0.25, -0.2) is 0 Å². The molecule has 0 atom stereocenters. The Morgan fingerprint density at radius 3 is 2.78 bits per heavy atom. The predicted molar refractivity (Wildman–Crippen MR) is 73.1 cm³/mol. The maximum Gasteiger partial charge on any atom is 0.293 e. The first-order chi connectivity index (χ1) is 8.59. The van der Waals surface area contributed by atoms with Crippen LogP contribution in [0, 0.1) is 10.1 Å². The van der Waals surface area contributed by atoms with Crippen LogP contribution in [0.2, 0.25) is 0 Å². The lowest BCUT2D eigenvalue weighted by Gasteiger charge is -2.18. The minimum atomic E-state index is -0.396. The van der Waals surface area contributed by atoms with Crippen LogP contribution in [0.3, 0.4) is 0 Å². The molecule has 0 N–H and O–H groups in total. The largest absolute Gasteiger partial charge is 0.338 e. The molecule has 1 heterocycles. The smallest absolute Gasteiger partial charge is 0.293 e. The number of halogens is 1. The van der Waals surface area contributed by atoms with E-state index in [0.29, 0.717) is 10.2 Å². The van der Waals surface area contributed by atoms with Gasteiger partial charge in [-0.2, -0.15) is 0 Å². The summed E-state index contributed by atoms with van der Waals surface area (Å²) in [6, 6.07) is 8.60. The zero-order valence-electron chi connectivity index (χ0n) is 9.58. The third-order valence-corrected chi connectivity index (χ3v) is 3.02. The van der Waals surface area contributed by atoms with Gasteiger partial charge in [0, 0.05) is 23.8 Å². The Kier molecular flexibility index (Phi) is 3.57. The zero-order chi connectivity index (χ0) is 13.1. The van der Waals surface area contributed by atoms with E-state index < -0.39 is 4.92 Å². The summed E-state index contributed by atoms with van der Waals surface area (Å²) in [5.41, 5.74) is 1.37. The van der Waals surface area contributed by atoms with Crippen LogP contribution in [0.25, 0.3) is 0 Å². The normalized spacial score (nSPS) is 10.1. The molecule has 2 aromatic rings. The quantitative estimate of drug-likeness (QED) is 0.643. The lowest BCUT2D eigenvalue weighted by atomic mass is 10.2. The molecule has 0 aliphatic heterocycles. The number of pyridine rings is 1. The number of hydrogen-bond acceptors (Lipinski definition) is 4. The van der Waals surface area contributed by atoms with Crippen LogP contribution in [-0.4, -0.2) is 17.0 Å². The van der Waals surface area contributed by atoms with Crippen LogP contribution < -0.4 is 4.90 Å². The fourth-order valence-corrected chi connectivity index (χ4v) is 1.97. The SMILES string of the molecule is CN(c1cccnc1)c1ccc(Br)cc1[N+](=O)[O-]. The Bertz CT molecular complexity index is 575. The van der Waals surface area contributed by atoms with E-state index in [2.05, 4.69) is 20.9 Å². The second-order valence-electron chi connectivity index (χ2n) is 3.66. The Morgan fingerprint density at radius 2 is 2.17 bits per heavy atom. The number of aromatic nitrogens is 1. The zero-order valence-corrected chi connectivity index (χ0v) is 11.2. The van der Waals surface area contributed by atoms with Crippen LogP contribution in [0.5, 0.6) is 0 Å². The second-order valence-corrected chi connectivity index (χ2v) is 4.58. The van der Waals surface area contributed by atoms with Gasteiger partial charge >= 0.3 is 0 Å². The van der Waals surface area contributed by atoms with Crippen LogP contribution in [0.15, 0.2) is 47.2 Å². The van der Waals surface area contributed by atoms with Crippen LogP contribution in [0.4, 0.5) is 17.1 Å². The molecule has 0 unspecified atom stereocenters. The molecule has 18 heavy (non-hydrogen) atoms. The van der Waals surface area contributed by atoms with Gasteiger partial charge in [0.1, 0.15) is 5.69 Å². The molecule has 0 saturated heterocycles. The van der Waals surface area contributed by atoms with Crippen molar-refractivity contribution in [2.24, 2.45) is 0 Å². The summed E-state index contributed by atoms with van der Waals surface area (Å²) < 4.78 is 0.678. The molecule has 6 heteroatoms. The fraction of sp³-hybridized carbons (Fsp3) is 0.0833. The summed E-state index contributed by atoms with van der Waals surface area (Å²) >= 11 is 3.23. The van der Waals surface area contributed by atoms with E-state index in [-0.39, 0.29) is 5.69 Å². The lowest BCUT2D eigenvalue weighted by Crippen LogP contribution is -2.11. The number of rotatable bonds is 3. The molecule has 0 radical (unpaired) electrons. The molecular formula is C12H10BrN3O2. The highest BCUT2D eigenvalue weighted by Gasteiger charge is 2.18. The summed E-state index contributed by atoms with van der Waals surface area (Å²) in [6.07, 6.45) is 3.32. The van der Waals surface area contributed by atoms with Gasteiger partial charge in [0.15, 0.2) is 0 Å². The number of benzene rings is 1. The molecule has 0 saturated carbocycles. The third-order valence-electron chi connectivity index (χ3n) is 2.53. The molecule has 2 rings (SSSR count). The Hall–Kier alpha value is -1.95.